The molecule has 0 heterocycles. The predicted molar refractivity (Wildman–Crippen MR) is 135 cm³/mol. The van der Waals surface area contributed by atoms with Crippen LogP contribution in [0.15, 0.2) is 24.3 Å². The topological polar surface area (TPSA) is 102 Å². The lowest BCUT2D eigenvalue weighted by molar-refractivity contribution is -0.146. The summed E-state index contributed by atoms with van der Waals surface area (Å²) in [5.74, 6) is 0.323. The Labute approximate surface area is 210 Å². The molecule has 2 fully saturated rings. The molecule has 0 bridgehead atoms. The van der Waals surface area contributed by atoms with Gasteiger partial charge in [-0.15, -0.1) is 0 Å². The van der Waals surface area contributed by atoms with Gasteiger partial charge in [-0.25, -0.2) is 9.59 Å². The summed E-state index contributed by atoms with van der Waals surface area (Å²) < 4.78 is 16.8. The van der Waals surface area contributed by atoms with Crippen LogP contribution < -0.4 is 0 Å². The second kappa shape index (κ2) is 16.1. The Kier molecular flexibility index (Phi) is 13.6. The third-order valence-corrected chi connectivity index (χ3v) is 7.79. The summed E-state index contributed by atoms with van der Waals surface area (Å²) in [7, 11) is 0. The molecule has 2 aliphatic carbocycles. The third kappa shape index (κ3) is 10.1. The average Bonchev–Trinajstić information content (AvgIpc) is 2.90. The molecule has 0 aromatic rings. The van der Waals surface area contributed by atoms with Crippen LogP contribution in [0.3, 0.4) is 0 Å². The Morgan fingerprint density at radius 2 is 1.29 bits per heavy atom. The minimum Gasteiger partial charge on any atom is -0.462 e. The van der Waals surface area contributed by atoms with E-state index >= 15 is 0 Å². The van der Waals surface area contributed by atoms with Gasteiger partial charge in [0.05, 0.1) is 43.7 Å². The zero-order valence-corrected chi connectivity index (χ0v) is 21.6. The van der Waals surface area contributed by atoms with Gasteiger partial charge in [0.1, 0.15) is 0 Å². The first kappa shape index (κ1) is 29.5. The van der Waals surface area contributed by atoms with E-state index in [-0.39, 0.29) is 36.2 Å². The Morgan fingerprint density at radius 1 is 0.800 bits per heavy atom. The molecule has 0 spiro atoms. The van der Waals surface area contributed by atoms with E-state index < -0.39 is 25.2 Å². The van der Waals surface area contributed by atoms with Crippen molar-refractivity contribution in [2.24, 2.45) is 23.7 Å². The lowest BCUT2D eigenvalue weighted by atomic mass is 9.68. The maximum atomic E-state index is 12.0. The molecule has 0 saturated heterocycles. The highest BCUT2D eigenvalue weighted by Crippen LogP contribution is 2.42. The minimum absolute atomic E-state index is 0.00283. The molecule has 0 amide bonds. The number of carbonyl (C=O) groups is 2. The minimum atomic E-state index is -0.633. The summed E-state index contributed by atoms with van der Waals surface area (Å²) in [6.07, 6.45) is 13.1. The summed E-state index contributed by atoms with van der Waals surface area (Å²) in [4.78, 5) is 24.0. The van der Waals surface area contributed by atoms with Crippen LogP contribution in [0.1, 0.15) is 77.6 Å². The quantitative estimate of drug-likeness (QED) is 0.198. The number of rotatable bonds is 15. The number of hydrogen-bond acceptors (Lipinski definition) is 7. The second-order valence-corrected chi connectivity index (χ2v) is 10.3. The SMILES string of the molecule is C=C(CO)C(=O)OCC(COC(=O)C(=C)CO)C1CCC(C2CCC(OCCCCC)CC2)CC1. The molecule has 2 saturated carbocycles. The van der Waals surface area contributed by atoms with E-state index in [1.807, 2.05) is 0 Å². The summed E-state index contributed by atoms with van der Waals surface area (Å²) in [5, 5.41) is 18.2. The fraction of sp³-hybridized carbons (Fsp3) is 0.786. The molecule has 0 aromatic carbocycles. The van der Waals surface area contributed by atoms with E-state index in [2.05, 4.69) is 20.1 Å². The summed E-state index contributed by atoms with van der Waals surface area (Å²) in [6.45, 7) is 9.42. The highest BCUT2D eigenvalue weighted by Gasteiger charge is 2.34. The van der Waals surface area contributed by atoms with Crippen LogP contribution in [0.2, 0.25) is 0 Å². The number of carbonyl (C=O) groups excluding carboxylic acids is 2. The molecule has 35 heavy (non-hydrogen) atoms. The molecule has 2 rings (SSSR count). The van der Waals surface area contributed by atoms with Gasteiger partial charge in [-0.05, 0) is 75.5 Å². The van der Waals surface area contributed by atoms with Gasteiger partial charge >= 0.3 is 11.9 Å². The molecule has 0 unspecified atom stereocenters. The Hall–Kier alpha value is -1.70. The molecule has 0 atom stereocenters. The van der Waals surface area contributed by atoms with Crippen molar-refractivity contribution in [3.05, 3.63) is 24.3 Å². The van der Waals surface area contributed by atoms with Crippen molar-refractivity contribution >= 4 is 11.9 Å². The number of unbranched alkanes of at least 4 members (excludes halogenated alkanes) is 2. The van der Waals surface area contributed by atoms with Crippen molar-refractivity contribution in [3.63, 3.8) is 0 Å². The van der Waals surface area contributed by atoms with Crippen LogP contribution >= 0.6 is 0 Å². The van der Waals surface area contributed by atoms with Crippen molar-refractivity contribution in [2.45, 2.75) is 83.7 Å². The number of ether oxygens (including phenoxy) is 3. The van der Waals surface area contributed by atoms with Crippen molar-refractivity contribution in [2.75, 3.05) is 33.0 Å². The average molecular weight is 495 g/mol. The van der Waals surface area contributed by atoms with Gasteiger partial charge in [0.2, 0.25) is 0 Å². The van der Waals surface area contributed by atoms with E-state index in [4.69, 9.17) is 24.4 Å². The highest BCUT2D eigenvalue weighted by molar-refractivity contribution is 5.88. The zero-order valence-electron chi connectivity index (χ0n) is 21.6. The smallest absolute Gasteiger partial charge is 0.335 e. The van der Waals surface area contributed by atoms with E-state index in [1.165, 1.54) is 25.7 Å². The molecule has 0 aliphatic heterocycles. The molecule has 7 nitrogen and oxygen atoms in total. The fourth-order valence-electron chi connectivity index (χ4n) is 5.44. The van der Waals surface area contributed by atoms with Gasteiger partial charge in [0.25, 0.3) is 0 Å². The molecule has 200 valence electrons. The third-order valence-electron chi connectivity index (χ3n) is 7.79. The Morgan fingerprint density at radius 3 is 1.74 bits per heavy atom. The van der Waals surface area contributed by atoms with Gasteiger partial charge in [-0.3, -0.25) is 0 Å². The monoisotopic (exact) mass is 494 g/mol. The van der Waals surface area contributed by atoms with Crippen LogP contribution in [0.5, 0.6) is 0 Å². The Balaban J connectivity index is 1.82. The van der Waals surface area contributed by atoms with Crippen LogP contribution in [0.25, 0.3) is 0 Å². The van der Waals surface area contributed by atoms with Crippen molar-refractivity contribution in [3.8, 4) is 0 Å². The van der Waals surface area contributed by atoms with E-state index in [0.29, 0.717) is 12.0 Å². The van der Waals surface area contributed by atoms with Crippen LogP contribution in [0, 0.1) is 23.7 Å². The maximum Gasteiger partial charge on any atom is 0.335 e. The molecule has 2 N–H and O–H groups in total. The van der Waals surface area contributed by atoms with Gasteiger partial charge in [0, 0.05) is 12.5 Å². The van der Waals surface area contributed by atoms with Crippen molar-refractivity contribution in [1.82, 2.24) is 0 Å². The predicted octanol–water partition coefficient (Wildman–Crippen LogP) is 4.36. The maximum absolute atomic E-state index is 12.0. The molecule has 0 aromatic heterocycles. The lowest BCUT2D eigenvalue weighted by Crippen LogP contribution is -2.33. The molecule has 0 radical (unpaired) electrons. The fourth-order valence-corrected chi connectivity index (χ4v) is 5.44. The standard InChI is InChI=1S/C28H46O7/c1-4-5-6-15-33-26-13-11-23(12-14-26)22-7-9-24(10-8-22)25(18-34-27(31)20(2)16-29)19-35-28(32)21(3)17-30/h22-26,29-30H,2-19H2,1H3. The van der Waals surface area contributed by atoms with Crippen molar-refractivity contribution < 1.29 is 34.0 Å². The van der Waals surface area contributed by atoms with Gasteiger partial charge in [-0.2, -0.15) is 0 Å². The van der Waals surface area contributed by atoms with Gasteiger partial charge in [0.15, 0.2) is 0 Å². The molecule has 2 aliphatic rings. The van der Waals surface area contributed by atoms with Gasteiger partial charge < -0.3 is 24.4 Å². The Bertz CT molecular complexity index is 641. The van der Waals surface area contributed by atoms with Crippen molar-refractivity contribution in [1.29, 1.82) is 0 Å². The summed E-state index contributed by atoms with van der Waals surface area (Å²) in [6, 6.07) is 0. The zero-order chi connectivity index (χ0) is 25.6. The molecular formula is C28H46O7. The number of hydrogen-bond donors (Lipinski definition) is 2. The number of esters is 2. The van der Waals surface area contributed by atoms with E-state index in [0.717, 1.165) is 57.5 Å². The van der Waals surface area contributed by atoms with Crippen LogP contribution in [0.4, 0.5) is 0 Å². The molecular weight excluding hydrogens is 448 g/mol. The lowest BCUT2D eigenvalue weighted by Gasteiger charge is -2.39. The first-order valence-corrected chi connectivity index (χ1v) is 13.4. The first-order valence-electron chi connectivity index (χ1n) is 13.4. The summed E-state index contributed by atoms with van der Waals surface area (Å²) >= 11 is 0. The largest absolute Gasteiger partial charge is 0.462 e. The second-order valence-electron chi connectivity index (χ2n) is 10.3. The molecule has 7 heteroatoms. The highest BCUT2D eigenvalue weighted by atomic mass is 16.5. The first-order chi connectivity index (χ1) is 16.9. The van der Waals surface area contributed by atoms with E-state index in [9.17, 15) is 9.59 Å². The van der Waals surface area contributed by atoms with Crippen LogP contribution in [-0.2, 0) is 23.8 Å². The number of aliphatic hydroxyl groups excluding tert-OH is 2. The van der Waals surface area contributed by atoms with E-state index in [1.54, 1.807) is 0 Å². The summed E-state index contributed by atoms with van der Waals surface area (Å²) in [5.41, 5.74) is 0.00566. The van der Waals surface area contributed by atoms with Crippen LogP contribution in [-0.4, -0.2) is 61.3 Å². The van der Waals surface area contributed by atoms with Gasteiger partial charge in [-0.1, -0.05) is 32.9 Å². The normalized spacial score (nSPS) is 24.7. The number of aliphatic hydroxyl groups is 2.